The van der Waals surface area contributed by atoms with Crippen molar-refractivity contribution in [2.75, 3.05) is 5.88 Å². The van der Waals surface area contributed by atoms with Crippen LogP contribution in [0.25, 0.3) is 11.4 Å². The molecule has 0 aliphatic carbocycles. The summed E-state index contributed by atoms with van der Waals surface area (Å²) >= 11 is 8.79. The number of aromatic nitrogens is 2. The van der Waals surface area contributed by atoms with Crippen molar-refractivity contribution in [3.63, 3.8) is 0 Å². The molecule has 3 nitrogen and oxygen atoms in total. The smallest absolute Gasteiger partial charge is 0.227 e. The minimum atomic E-state index is -0.346. The Balaban J connectivity index is 2.24. The zero-order valence-corrected chi connectivity index (χ0v) is 11.1. The lowest BCUT2D eigenvalue weighted by Crippen LogP contribution is -1.87. The first-order valence-electron chi connectivity index (χ1n) is 5.04. The first-order valence-corrected chi connectivity index (χ1v) is 6.37. The van der Waals surface area contributed by atoms with Gasteiger partial charge in [-0.05, 0) is 24.6 Å². The van der Waals surface area contributed by atoms with Gasteiger partial charge in [0.25, 0.3) is 0 Å². The molecule has 0 N–H and O–H groups in total. The van der Waals surface area contributed by atoms with Crippen molar-refractivity contribution in [1.29, 1.82) is 0 Å². The highest BCUT2D eigenvalue weighted by atomic mass is 79.9. The number of hydrogen-bond acceptors (Lipinski definition) is 3. The molecule has 0 saturated carbocycles. The molecule has 1 aromatic carbocycles. The highest BCUT2D eigenvalue weighted by molar-refractivity contribution is 9.10. The normalized spacial score (nSPS) is 10.8. The molecule has 0 spiro atoms. The van der Waals surface area contributed by atoms with Gasteiger partial charge in [0, 0.05) is 22.3 Å². The van der Waals surface area contributed by atoms with E-state index in [9.17, 15) is 4.39 Å². The molecule has 0 bridgehead atoms. The van der Waals surface area contributed by atoms with Gasteiger partial charge in [0.15, 0.2) is 0 Å². The van der Waals surface area contributed by atoms with E-state index in [1.165, 1.54) is 12.1 Å². The first kappa shape index (κ1) is 12.5. The third-order valence-electron chi connectivity index (χ3n) is 2.11. The van der Waals surface area contributed by atoms with Crippen LogP contribution < -0.4 is 0 Å². The van der Waals surface area contributed by atoms with Crippen LogP contribution in [-0.2, 0) is 6.42 Å². The van der Waals surface area contributed by atoms with Gasteiger partial charge in [-0.15, -0.1) is 11.6 Å². The number of aryl methyl sites for hydroxylation is 1. The molecule has 6 heteroatoms. The van der Waals surface area contributed by atoms with E-state index in [0.29, 0.717) is 34.1 Å². The van der Waals surface area contributed by atoms with Crippen molar-refractivity contribution < 1.29 is 8.91 Å². The SMILES string of the molecule is Fc1cc(Br)cc(-c2noc(CCCCl)n2)c1. The predicted octanol–water partition coefficient (Wildman–Crippen LogP) is 3.81. The number of hydrogen-bond donors (Lipinski definition) is 0. The maximum Gasteiger partial charge on any atom is 0.227 e. The van der Waals surface area contributed by atoms with Crippen LogP contribution in [0, 0.1) is 5.82 Å². The molecule has 1 heterocycles. The second-order valence-corrected chi connectivity index (χ2v) is 4.76. The van der Waals surface area contributed by atoms with Gasteiger partial charge in [-0.3, -0.25) is 0 Å². The van der Waals surface area contributed by atoms with Gasteiger partial charge in [-0.25, -0.2) is 4.39 Å². The number of rotatable bonds is 4. The quantitative estimate of drug-likeness (QED) is 0.804. The molecule has 0 saturated heterocycles. The van der Waals surface area contributed by atoms with Crippen LogP contribution in [-0.4, -0.2) is 16.0 Å². The van der Waals surface area contributed by atoms with Gasteiger partial charge in [0.2, 0.25) is 11.7 Å². The molecular formula is C11H9BrClFN2O. The van der Waals surface area contributed by atoms with Crippen molar-refractivity contribution in [2.24, 2.45) is 0 Å². The molecular weight excluding hydrogens is 310 g/mol. The molecule has 0 atom stereocenters. The Morgan fingerprint density at radius 3 is 2.88 bits per heavy atom. The molecule has 2 rings (SSSR count). The Labute approximate surface area is 111 Å². The minimum Gasteiger partial charge on any atom is -0.339 e. The van der Waals surface area contributed by atoms with Crippen LogP contribution in [0.5, 0.6) is 0 Å². The van der Waals surface area contributed by atoms with Crippen molar-refractivity contribution in [1.82, 2.24) is 10.1 Å². The zero-order chi connectivity index (χ0) is 12.3. The van der Waals surface area contributed by atoms with Crippen LogP contribution in [0.2, 0.25) is 0 Å². The predicted molar refractivity (Wildman–Crippen MR) is 66.4 cm³/mol. The van der Waals surface area contributed by atoms with Crippen molar-refractivity contribution in [3.8, 4) is 11.4 Å². The Morgan fingerprint density at radius 1 is 1.35 bits per heavy atom. The molecule has 90 valence electrons. The number of halogens is 3. The summed E-state index contributed by atoms with van der Waals surface area (Å²) in [5, 5.41) is 3.80. The summed E-state index contributed by atoms with van der Waals surface area (Å²) in [5.74, 6) is 1.10. The number of benzene rings is 1. The lowest BCUT2D eigenvalue weighted by atomic mass is 10.2. The number of nitrogens with zero attached hydrogens (tertiary/aromatic N) is 2. The summed E-state index contributed by atoms with van der Waals surface area (Å²) in [6, 6.07) is 4.47. The van der Waals surface area contributed by atoms with Gasteiger partial charge in [-0.2, -0.15) is 4.98 Å². The summed E-state index contributed by atoms with van der Waals surface area (Å²) in [6.07, 6.45) is 1.41. The maximum atomic E-state index is 13.2. The lowest BCUT2D eigenvalue weighted by molar-refractivity contribution is 0.378. The molecule has 1 aromatic heterocycles. The second-order valence-electron chi connectivity index (χ2n) is 3.46. The van der Waals surface area contributed by atoms with E-state index in [1.54, 1.807) is 6.07 Å². The Kier molecular flexibility index (Phi) is 4.12. The monoisotopic (exact) mass is 318 g/mol. The molecule has 0 radical (unpaired) electrons. The summed E-state index contributed by atoms with van der Waals surface area (Å²) in [7, 11) is 0. The van der Waals surface area contributed by atoms with E-state index >= 15 is 0 Å². The van der Waals surface area contributed by atoms with Gasteiger partial charge in [-0.1, -0.05) is 21.1 Å². The standard InChI is InChI=1S/C11H9BrClFN2O/c12-8-4-7(5-9(14)6-8)11-15-10(17-16-11)2-1-3-13/h4-6H,1-3H2. The lowest BCUT2D eigenvalue weighted by Gasteiger charge is -1.96. The largest absolute Gasteiger partial charge is 0.339 e. The van der Waals surface area contributed by atoms with Crippen molar-refractivity contribution >= 4 is 27.5 Å². The second kappa shape index (κ2) is 5.60. The van der Waals surface area contributed by atoms with Crippen molar-refractivity contribution in [2.45, 2.75) is 12.8 Å². The van der Waals surface area contributed by atoms with E-state index in [2.05, 4.69) is 26.1 Å². The Hall–Kier alpha value is -0.940. The average molecular weight is 320 g/mol. The van der Waals surface area contributed by atoms with E-state index < -0.39 is 0 Å². The topological polar surface area (TPSA) is 38.9 Å². The van der Waals surface area contributed by atoms with Crippen LogP contribution >= 0.6 is 27.5 Å². The molecule has 17 heavy (non-hydrogen) atoms. The van der Waals surface area contributed by atoms with Gasteiger partial charge >= 0.3 is 0 Å². The van der Waals surface area contributed by atoms with Crippen molar-refractivity contribution in [3.05, 3.63) is 34.4 Å². The minimum absolute atomic E-state index is 0.346. The molecule has 2 aromatic rings. The fourth-order valence-corrected chi connectivity index (χ4v) is 1.97. The third kappa shape index (κ3) is 3.26. The van der Waals surface area contributed by atoms with Crippen LogP contribution in [0.15, 0.2) is 27.2 Å². The van der Waals surface area contributed by atoms with Crippen LogP contribution in [0.4, 0.5) is 4.39 Å². The summed E-state index contributed by atoms with van der Waals surface area (Å²) in [4.78, 5) is 4.18. The Morgan fingerprint density at radius 2 is 2.18 bits per heavy atom. The van der Waals surface area contributed by atoms with E-state index in [1.807, 2.05) is 0 Å². The van der Waals surface area contributed by atoms with Crippen LogP contribution in [0.3, 0.4) is 0 Å². The van der Waals surface area contributed by atoms with E-state index in [4.69, 9.17) is 16.1 Å². The van der Waals surface area contributed by atoms with Gasteiger partial charge in [0.1, 0.15) is 5.82 Å². The molecule has 0 aliphatic heterocycles. The molecule has 0 aliphatic rings. The first-order chi connectivity index (χ1) is 8.19. The molecule has 0 fully saturated rings. The fraction of sp³-hybridized carbons (Fsp3) is 0.273. The van der Waals surface area contributed by atoms with E-state index in [-0.39, 0.29) is 5.82 Å². The van der Waals surface area contributed by atoms with Crippen LogP contribution in [0.1, 0.15) is 12.3 Å². The Bertz CT molecular complexity index is 498. The van der Waals surface area contributed by atoms with E-state index in [0.717, 1.165) is 6.42 Å². The average Bonchev–Trinajstić information content (AvgIpc) is 2.73. The molecule has 0 amide bonds. The summed E-state index contributed by atoms with van der Waals surface area (Å²) in [6.45, 7) is 0. The number of alkyl halides is 1. The highest BCUT2D eigenvalue weighted by Crippen LogP contribution is 2.22. The highest BCUT2D eigenvalue weighted by Gasteiger charge is 2.10. The van der Waals surface area contributed by atoms with Gasteiger partial charge < -0.3 is 4.52 Å². The fourth-order valence-electron chi connectivity index (χ4n) is 1.37. The maximum absolute atomic E-state index is 13.2. The van der Waals surface area contributed by atoms with Gasteiger partial charge in [0.05, 0.1) is 0 Å². The zero-order valence-electron chi connectivity index (χ0n) is 8.79. The summed E-state index contributed by atoms with van der Waals surface area (Å²) in [5.41, 5.74) is 0.581. The third-order valence-corrected chi connectivity index (χ3v) is 2.84. The summed E-state index contributed by atoms with van der Waals surface area (Å²) < 4.78 is 18.9. The molecule has 0 unspecified atom stereocenters.